The second-order valence-corrected chi connectivity index (χ2v) is 10.4. The maximum Gasteiger partial charge on any atom is 0.264 e. The minimum atomic E-state index is -3.96. The molecule has 0 radical (unpaired) electrons. The monoisotopic (exact) mass is 520 g/mol. The van der Waals surface area contributed by atoms with Crippen LogP contribution in [-0.4, -0.2) is 31.7 Å². The number of hydrogen-bond acceptors (Lipinski definition) is 4. The Morgan fingerprint density at radius 2 is 1.58 bits per heavy atom. The van der Waals surface area contributed by atoms with Gasteiger partial charge in [-0.05, 0) is 68.4 Å². The number of anilines is 1. The summed E-state index contributed by atoms with van der Waals surface area (Å²) in [5.41, 5.74) is 6.55. The Hall–Kier alpha value is -3.88. The number of benzene rings is 3. The van der Waals surface area contributed by atoms with Gasteiger partial charge in [-0.15, -0.1) is 0 Å². The van der Waals surface area contributed by atoms with E-state index in [1.54, 1.807) is 54.7 Å². The molecule has 0 saturated carbocycles. The lowest BCUT2D eigenvalue weighted by molar-refractivity contribution is -0.119. The zero-order valence-corrected chi connectivity index (χ0v) is 21.4. The molecule has 1 amide bonds. The van der Waals surface area contributed by atoms with Gasteiger partial charge in [0, 0.05) is 27.7 Å². The average molecular weight is 521 g/mol. The van der Waals surface area contributed by atoms with E-state index in [0.717, 1.165) is 26.9 Å². The van der Waals surface area contributed by atoms with E-state index in [1.807, 2.05) is 44.2 Å². The largest absolute Gasteiger partial charge is 0.318 e. The maximum absolute atomic E-state index is 13.3. The van der Waals surface area contributed by atoms with Gasteiger partial charge in [0.1, 0.15) is 6.54 Å². The second-order valence-electron chi connectivity index (χ2n) is 8.09. The van der Waals surface area contributed by atoms with Crippen LogP contribution in [0.2, 0.25) is 5.02 Å². The molecule has 184 valence electrons. The summed E-state index contributed by atoms with van der Waals surface area (Å²) in [5, 5.41) is 4.74. The topological polar surface area (TPSA) is 83.8 Å². The number of halogens is 1. The van der Waals surface area contributed by atoms with Crippen molar-refractivity contribution in [3.63, 3.8) is 0 Å². The number of hydrogen-bond donors (Lipinski definition) is 1. The standard InChI is InChI=1S/C27H25ClN4O3S/c1-20-17-22(21(2)32(20)25-15-13-23(28)14-16-25)18-29-30-27(33)19-31(24-9-5-3-6-10-24)36(34,35)26-11-7-4-8-12-26/h3-18H,19H2,1-2H3,(H,30,33)/b29-18-. The zero-order chi connectivity index (χ0) is 25.7. The van der Waals surface area contributed by atoms with Crippen molar-refractivity contribution in [1.29, 1.82) is 0 Å². The summed E-state index contributed by atoms with van der Waals surface area (Å²) in [5.74, 6) is -0.568. The molecular weight excluding hydrogens is 496 g/mol. The van der Waals surface area contributed by atoms with Crippen molar-refractivity contribution in [3.8, 4) is 5.69 Å². The highest BCUT2D eigenvalue weighted by Gasteiger charge is 2.26. The highest BCUT2D eigenvalue weighted by atomic mass is 35.5. The van der Waals surface area contributed by atoms with E-state index >= 15 is 0 Å². The van der Waals surface area contributed by atoms with Crippen LogP contribution in [0.4, 0.5) is 5.69 Å². The van der Waals surface area contributed by atoms with Crippen molar-refractivity contribution >= 4 is 39.4 Å². The third-order valence-electron chi connectivity index (χ3n) is 5.61. The Morgan fingerprint density at radius 3 is 2.22 bits per heavy atom. The number of hydrazone groups is 1. The van der Waals surface area contributed by atoms with Crippen LogP contribution in [0.5, 0.6) is 0 Å². The van der Waals surface area contributed by atoms with Gasteiger partial charge in [0.2, 0.25) is 0 Å². The van der Waals surface area contributed by atoms with E-state index in [-0.39, 0.29) is 4.90 Å². The van der Waals surface area contributed by atoms with E-state index in [2.05, 4.69) is 15.1 Å². The van der Waals surface area contributed by atoms with Gasteiger partial charge in [-0.2, -0.15) is 5.10 Å². The van der Waals surface area contributed by atoms with Crippen LogP contribution >= 0.6 is 11.6 Å². The lowest BCUT2D eigenvalue weighted by Crippen LogP contribution is -2.39. The molecule has 9 heteroatoms. The van der Waals surface area contributed by atoms with Crippen molar-refractivity contribution in [2.24, 2.45) is 5.10 Å². The Labute approximate surface area is 215 Å². The molecule has 7 nitrogen and oxygen atoms in total. The third kappa shape index (κ3) is 5.50. The van der Waals surface area contributed by atoms with E-state index in [4.69, 9.17) is 11.6 Å². The Balaban J connectivity index is 1.52. The summed E-state index contributed by atoms with van der Waals surface area (Å²) in [7, 11) is -3.96. The number of nitrogens with zero attached hydrogens (tertiary/aromatic N) is 3. The fourth-order valence-corrected chi connectivity index (χ4v) is 5.44. The molecule has 1 N–H and O–H groups in total. The maximum atomic E-state index is 13.3. The number of para-hydroxylation sites is 1. The molecular formula is C27H25ClN4O3S. The first-order valence-electron chi connectivity index (χ1n) is 11.2. The first kappa shape index (κ1) is 25.2. The second kappa shape index (κ2) is 10.8. The summed E-state index contributed by atoms with van der Waals surface area (Å²) >= 11 is 6.01. The number of carbonyl (C=O) groups excluding carboxylic acids is 1. The van der Waals surface area contributed by atoms with Gasteiger partial charge < -0.3 is 4.57 Å². The molecule has 0 spiro atoms. The molecule has 0 bridgehead atoms. The minimum absolute atomic E-state index is 0.0970. The molecule has 0 aliphatic heterocycles. The van der Waals surface area contributed by atoms with Crippen molar-refractivity contribution in [1.82, 2.24) is 9.99 Å². The number of rotatable bonds is 8. The number of carbonyl (C=O) groups is 1. The van der Waals surface area contributed by atoms with Crippen LogP contribution in [0.1, 0.15) is 17.0 Å². The van der Waals surface area contributed by atoms with Crippen molar-refractivity contribution in [2.45, 2.75) is 18.7 Å². The van der Waals surface area contributed by atoms with Gasteiger partial charge in [0.15, 0.2) is 0 Å². The number of sulfonamides is 1. The SMILES string of the molecule is Cc1cc(/C=N\NC(=O)CN(c2ccccc2)S(=O)(=O)c2ccccc2)c(C)n1-c1ccc(Cl)cc1. The third-order valence-corrected chi connectivity index (χ3v) is 7.65. The van der Waals surface area contributed by atoms with Gasteiger partial charge in [-0.25, -0.2) is 13.8 Å². The van der Waals surface area contributed by atoms with E-state index in [0.29, 0.717) is 10.7 Å². The predicted molar refractivity (Wildman–Crippen MR) is 143 cm³/mol. The van der Waals surface area contributed by atoms with Crippen molar-refractivity contribution in [3.05, 3.63) is 113 Å². The first-order chi connectivity index (χ1) is 17.3. The molecule has 1 heterocycles. The summed E-state index contributed by atoms with van der Waals surface area (Å²) in [6.07, 6.45) is 1.55. The molecule has 1 aromatic heterocycles. The molecule has 0 unspecified atom stereocenters. The van der Waals surface area contributed by atoms with Crippen LogP contribution in [0.3, 0.4) is 0 Å². The molecule has 0 saturated heterocycles. The molecule has 0 fully saturated rings. The zero-order valence-electron chi connectivity index (χ0n) is 19.8. The Bertz CT molecular complexity index is 1480. The fourth-order valence-electron chi connectivity index (χ4n) is 3.87. The molecule has 3 aromatic carbocycles. The van der Waals surface area contributed by atoms with E-state index in [9.17, 15) is 13.2 Å². The summed E-state index contributed by atoms with van der Waals surface area (Å²) in [6.45, 7) is 3.50. The van der Waals surface area contributed by atoms with Crippen LogP contribution in [-0.2, 0) is 14.8 Å². The fraction of sp³-hybridized carbons (Fsp3) is 0.111. The lowest BCUT2D eigenvalue weighted by atomic mass is 10.2. The van der Waals surface area contributed by atoms with Crippen LogP contribution < -0.4 is 9.73 Å². The summed E-state index contributed by atoms with van der Waals surface area (Å²) in [6, 6.07) is 26.0. The van der Waals surface area contributed by atoms with Gasteiger partial charge in [0.25, 0.3) is 15.9 Å². The van der Waals surface area contributed by atoms with Crippen LogP contribution in [0.25, 0.3) is 5.69 Å². The van der Waals surface area contributed by atoms with Crippen molar-refractivity contribution in [2.75, 3.05) is 10.8 Å². The lowest BCUT2D eigenvalue weighted by Gasteiger charge is -2.23. The van der Waals surface area contributed by atoms with Gasteiger partial charge >= 0.3 is 0 Å². The normalized spacial score (nSPS) is 11.5. The van der Waals surface area contributed by atoms with Crippen LogP contribution in [0, 0.1) is 13.8 Å². The number of aryl methyl sites for hydroxylation is 1. The smallest absolute Gasteiger partial charge is 0.264 e. The highest BCUT2D eigenvalue weighted by Crippen LogP contribution is 2.23. The quantitative estimate of drug-likeness (QED) is 0.259. The highest BCUT2D eigenvalue weighted by molar-refractivity contribution is 7.92. The first-order valence-corrected chi connectivity index (χ1v) is 13.0. The molecule has 36 heavy (non-hydrogen) atoms. The molecule has 0 aliphatic carbocycles. The van der Waals surface area contributed by atoms with Gasteiger partial charge in [-0.1, -0.05) is 48.0 Å². The Morgan fingerprint density at radius 1 is 0.972 bits per heavy atom. The van der Waals surface area contributed by atoms with Gasteiger partial charge in [-0.3, -0.25) is 9.10 Å². The summed E-state index contributed by atoms with van der Waals surface area (Å²) < 4.78 is 29.7. The number of amides is 1. The van der Waals surface area contributed by atoms with E-state index < -0.39 is 22.5 Å². The van der Waals surface area contributed by atoms with Crippen LogP contribution in [0.15, 0.2) is 101 Å². The summed E-state index contributed by atoms with van der Waals surface area (Å²) in [4.78, 5) is 12.9. The minimum Gasteiger partial charge on any atom is -0.318 e. The number of nitrogens with one attached hydrogen (secondary N) is 1. The predicted octanol–water partition coefficient (Wildman–Crippen LogP) is 5.09. The van der Waals surface area contributed by atoms with Crippen molar-refractivity contribution < 1.29 is 13.2 Å². The molecule has 4 rings (SSSR count). The van der Waals surface area contributed by atoms with E-state index in [1.165, 1.54) is 12.1 Å². The number of aromatic nitrogens is 1. The Kier molecular flexibility index (Phi) is 7.57. The molecule has 4 aromatic rings. The molecule has 0 aliphatic rings. The van der Waals surface area contributed by atoms with Gasteiger partial charge in [0.05, 0.1) is 16.8 Å². The average Bonchev–Trinajstić information content (AvgIpc) is 3.16. The molecule has 0 atom stereocenters.